The van der Waals surface area contributed by atoms with Crippen LogP contribution in [0.5, 0.6) is 0 Å². The minimum absolute atomic E-state index is 0.203. The highest BCUT2D eigenvalue weighted by molar-refractivity contribution is 7.21. The molecule has 0 spiro atoms. The molecular formula is C22H23N5OS. The Morgan fingerprint density at radius 2 is 1.97 bits per heavy atom. The predicted molar refractivity (Wildman–Crippen MR) is 116 cm³/mol. The molecule has 1 saturated heterocycles. The molecule has 7 heteroatoms. The van der Waals surface area contributed by atoms with Gasteiger partial charge in [-0.3, -0.25) is 4.79 Å². The fraction of sp³-hybridized carbons (Fsp3) is 0.364. The number of aromatic nitrogens is 4. The first-order valence-electron chi connectivity index (χ1n) is 9.92. The van der Waals surface area contributed by atoms with Gasteiger partial charge in [-0.2, -0.15) is 0 Å². The molecule has 148 valence electrons. The van der Waals surface area contributed by atoms with Crippen molar-refractivity contribution in [3.63, 3.8) is 0 Å². The first-order chi connectivity index (χ1) is 13.9. The number of nitrogens with zero attached hydrogens (tertiary/aromatic N) is 5. The fourth-order valence-corrected chi connectivity index (χ4v) is 5.02. The van der Waals surface area contributed by atoms with Gasteiger partial charge in [-0.25, -0.2) is 15.0 Å². The van der Waals surface area contributed by atoms with E-state index in [2.05, 4.69) is 22.1 Å². The summed E-state index contributed by atoms with van der Waals surface area (Å²) in [5, 5.41) is 0.910. The van der Waals surface area contributed by atoms with Crippen LogP contribution in [0.2, 0.25) is 0 Å². The Hall–Kier alpha value is -2.80. The van der Waals surface area contributed by atoms with Gasteiger partial charge in [-0.15, -0.1) is 0 Å². The van der Waals surface area contributed by atoms with Crippen molar-refractivity contribution in [3.8, 4) is 10.6 Å². The number of imidazole rings is 1. The number of pyridine rings is 1. The summed E-state index contributed by atoms with van der Waals surface area (Å²) >= 11 is 1.57. The van der Waals surface area contributed by atoms with Crippen LogP contribution in [-0.2, 0) is 17.3 Å². The zero-order valence-electron chi connectivity index (χ0n) is 16.8. The van der Waals surface area contributed by atoms with Crippen LogP contribution in [0.1, 0.15) is 32.3 Å². The highest BCUT2D eigenvalue weighted by Gasteiger charge is 2.35. The Kier molecular flexibility index (Phi) is 4.17. The van der Waals surface area contributed by atoms with Crippen molar-refractivity contribution < 1.29 is 4.79 Å². The van der Waals surface area contributed by atoms with E-state index >= 15 is 0 Å². The maximum Gasteiger partial charge on any atom is 0.232 e. The quantitative estimate of drug-likeness (QED) is 0.514. The number of carbonyl (C=O) groups is 1. The monoisotopic (exact) mass is 405 g/mol. The van der Waals surface area contributed by atoms with Crippen LogP contribution in [0.15, 0.2) is 36.8 Å². The predicted octanol–water partition coefficient (Wildman–Crippen LogP) is 4.15. The Balaban J connectivity index is 1.56. The number of likely N-dealkylation sites (tertiary alicyclic amines) is 1. The van der Waals surface area contributed by atoms with E-state index in [1.807, 2.05) is 42.5 Å². The summed E-state index contributed by atoms with van der Waals surface area (Å²) in [5.41, 5.74) is 4.19. The molecule has 0 saturated carbocycles. The molecule has 3 aromatic heterocycles. The standard InChI is InChI=1S/C22H23N5OS/c1-22(2,21(28)27-9-4-5-10-27)15-8-6-7-14(11-15)19-25-17-18-16(24-13-26(18)3)12-23-20(17)29-19/h6-8,11-13H,4-5,9-10H2,1-3H3. The topological polar surface area (TPSA) is 63.9 Å². The Morgan fingerprint density at radius 3 is 2.76 bits per heavy atom. The van der Waals surface area contributed by atoms with Crippen molar-refractivity contribution in [2.45, 2.75) is 32.1 Å². The number of thiazole rings is 1. The summed E-state index contributed by atoms with van der Waals surface area (Å²) in [4.78, 5) is 29.8. The number of aryl methyl sites for hydroxylation is 1. The van der Waals surface area contributed by atoms with E-state index in [1.165, 1.54) is 0 Å². The zero-order valence-corrected chi connectivity index (χ0v) is 17.7. The second-order valence-electron chi connectivity index (χ2n) is 8.23. The highest BCUT2D eigenvalue weighted by atomic mass is 32.1. The summed E-state index contributed by atoms with van der Waals surface area (Å²) in [6.07, 6.45) is 5.79. The lowest BCUT2D eigenvalue weighted by molar-refractivity contribution is -0.135. The van der Waals surface area contributed by atoms with Gasteiger partial charge in [0.05, 0.1) is 23.5 Å². The average Bonchev–Trinajstić information content (AvgIpc) is 3.47. The van der Waals surface area contributed by atoms with E-state index < -0.39 is 5.41 Å². The number of fused-ring (bicyclic) bond motifs is 3. The second-order valence-corrected chi connectivity index (χ2v) is 9.20. The first kappa shape index (κ1) is 18.2. The van der Waals surface area contributed by atoms with E-state index in [9.17, 15) is 4.79 Å². The Labute approximate surface area is 173 Å². The number of rotatable bonds is 3. The zero-order chi connectivity index (χ0) is 20.2. The lowest BCUT2D eigenvalue weighted by atomic mass is 9.82. The fourth-order valence-electron chi connectivity index (χ4n) is 4.11. The van der Waals surface area contributed by atoms with Crippen LogP contribution in [0.25, 0.3) is 32.0 Å². The summed E-state index contributed by atoms with van der Waals surface area (Å²) < 4.78 is 1.98. The van der Waals surface area contributed by atoms with Gasteiger partial charge >= 0.3 is 0 Å². The first-order valence-corrected chi connectivity index (χ1v) is 10.7. The van der Waals surface area contributed by atoms with Crippen LogP contribution < -0.4 is 0 Å². The van der Waals surface area contributed by atoms with E-state index in [0.29, 0.717) is 0 Å². The van der Waals surface area contributed by atoms with Gasteiger partial charge < -0.3 is 9.47 Å². The number of hydrogen-bond donors (Lipinski definition) is 0. The normalized spacial score (nSPS) is 14.9. The van der Waals surface area contributed by atoms with Gasteiger partial charge in [-0.05, 0) is 38.3 Å². The smallest absolute Gasteiger partial charge is 0.232 e. The van der Waals surface area contributed by atoms with Gasteiger partial charge in [0.2, 0.25) is 5.91 Å². The van der Waals surface area contributed by atoms with Crippen molar-refractivity contribution in [1.82, 2.24) is 24.4 Å². The third-order valence-electron chi connectivity index (χ3n) is 5.86. The molecule has 0 N–H and O–H groups in total. The molecule has 1 fully saturated rings. The molecule has 1 amide bonds. The molecule has 0 bridgehead atoms. The second kappa shape index (κ2) is 6.62. The molecule has 4 aromatic rings. The third-order valence-corrected chi connectivity index (χ3v) is 6.87. The highest BCUT2D eigenvalue weighted by Crippen LogP contribution is 2.35. The molecule has 29 heavy (non-hydrogen) atoms. The molecule has 4 heterocycles. The van der Waals surface area contributed by atoms with E-state index in [-0.39, 0.29) is 5.91 Å². The van der Waals surface area contributed by atoms with Crippen LogP contribution in [0, 0.1) is 0 Å². The molecule has 1 aliphatic heterocycles. The van der Waals surface area contributed by atoms with Gasteiger partial charge in [0.1, 0.15) is 20.9 Å². The number of benzene rings is 1. The molecule has 0 atom stereocenters. The van der Waals surface area contributed by atoms with Gasteiger partial charge in [0, 0.05) is 25.7 Å². The van der Waals surface area contributed by atoms with Crippen molar-refractivity contribution in [2.75, 3.05) is 13.1 Å². The van der Waals surface area contributed by atoms with E-state index in [0.717, 1.165) is 63.4 Å². The Morgan fingerprint density at radius 1 is 1.17 bits per heavy atom. The van der Waals surface area contributed by atoms with Crippen molar-refractivity contribution >= 4 is 38.6 Å². The molecule has 0 unspecified atom stereocenters. The molecule has 0 radical (unpaired) electrons. The minimum Gasteiger partial charge on any atom is -0.342 e. The Bertz CT molecular complexity index is 1230. The number of carbonyl (C=O) groups excluding carboxylic acids is 1. The van der Waals surface area contributed by atoms with Crippen molar-refractivity contribution in [1.29, 1.82) is 0 Å². The molecule has 0 aliphatic carbocycles. The molecular weight excluding hydrogens is 382 g/mol. The maximum atomic E-state index is 13.1. The summed E-state index contributed by atoms with van der Waals surface area (Å²) in [6, 6.07) is 8.22. The third kappa shape index (κ3) is 2.92. The van der Waals surface area contributed by atoms with Crippen molar-refractivity contribution in [3.05, 3.63) is 42.4 Å². The van der Waals surface area contributed by atoms with Crippen LogP contribution in [0.3, 0.4) is 0 Å². The number of hydrogen-bond acceptors (Lipinski definition) is 5. The summed E-state index contributed by atoms with van der Waals surface area (Å²) in [7, 11) is 1.97. The van der Waals surface area contributed by atoms with Gasteiger partial charge in [-0.1, -0.05) is 29.5 Å². The van der Waals surface area contributed by atoms with Crippen LogP contribution >= 0.6 is 11.3 Å². The lowest BCUT2D eigenvalue weighted by Gasteiger charge is -2.29. The summed E-state index contributed by atoms with van der Waals surface area (Å²) in [6.45, 7) is 5.77. The average molecular weight is 406 g/mol. The van der Waals surface area contributed by atoms with Crippen LogP contribution in [0.4, 0.5) is 0 Å². The molecule has 5 rings (SSSR count). The molecule has 6 nitrogen and oxygen atoms in total. The van der Waals surface area contributed by atoms with E-state index in [4.69, 9.17) is 4.98 Å². The van der Waals surface area contributed by atoms with Gasteiger partial charge in [0.25, 0.3) is 0 Å². The SMILES string of the molecule is Cn1cnc2cnc3sc(-c4cccc(C(C)(C)C(=O)N5CCCC5)c4)nc3c21. The minimum atomic E-state index is -0.565. The van der Waals surface area contributed by atoms with E-state index in [1.54, 1.807) is 23.9 Å². The molecule has 1 aromatic carbocycles. The van der Waals surface area contributed by atoms with Crippen LogP contribution in [-0.4, -0.2) is 43.4 Å². The molecule has 1 aliphatic rings. The maximum absolute atomic E-state index is 13.1. The lowest BCUT2D eigenvalue weighted by Crippen LogP contribution is -2.41. The largest absolute Gasteiger partial charge is 0.342 e. The summed E-state index contributed by atoms with van der Waals surface area (Å²) in [5.74, 6) is 0.203. The van der Waals surface area contributed by atoms with Gasteiger partial charge in [0.15, 0.2) is 0 Å². The van der Waals surface area contributed by atoms with Crippen molar-refractivity contribution in [2.24, 2.45) is 7.05 Å². The number of amides is 1.